The first-order valence-electron chi connectivity index (χ1n) is 9.71. The molecule has 0 aromatic heterocycles. The van der Waals surface area contributed by atoms with Gasteiger partial charge < -0.3 is 20.3 Å². The van der Waals surface area contributed by atoms with E-state index in [-0.39, 0.29) is 29.8 Å². The molecular weight excluding hydrogens is 366 g/mol. The summed E-state index contributed by atoms with van der Waals surface area (Å²) in [5.74, 6) is 0.533. The van der Waals surface area contributed by atoms with Gasteiger partial charge in [0.1, 0.15) is 5.75 Å². The van der Waals surface area contributed by atoms with Gasteiger partial charge in [-0.05, 0) is 69.8 Å². The van der Waals surface area contributed by atoms with E-state index in [4.69, 9.17) is 16.3 Å². The van der Waals surface area contributed by atoms with Crippen LogP contribution < -0.4 is 15.4 Å². The Morgan fingerprint density at radius 1 is 1.30 bits per heavy atom. The first-order chi connectivity index (χ1) is 13.0. The lowest BCUT2D eigenvalue weighted by Crippen LogP contribution is -2.34. The van der Waals surface area contributed by atoms with Crippen molar-refractivity contribution in [2.45, 2.75) is 33.1 Å². The molecule has 3 rings (SSSR count). The van der Waals surface area contributed by atoms with Crippen LogP contribution in [0.4, 0.5) is 5.69 Å². The van der Waals surface area contributed by atoms with E-state index in [9.17, 15) is 9.59 Å². The van der Waals surface area contributed by atoms with Crippen molar-refractivity contribution in [2.24, 2.45) is 11.3 Å². The molecule has 2 fully saturated rings. The molecule has 1 unspecified atom stereocenters. The quantitative estimate of drug-likeness (QED) is 0.747. The first kappa shape index (κ1) is 20.0. The molecule has 1 aliphatic carbocycles. The molecule has 6 nitrogen and oxygen atoms in total. The van der Waals surface area contributed by atoms with Crippen LogP contribution in [0.2, 0.25) is 5.02 Å². The van der Waals surface area contributed by atoms with Crippen molar-refractivity contribution in [1.29, 1.82) is 0 Å². The SMILES string of the molecule is CCN(CC)C(=O)COc1ccc(NC(=O)C2CC23CCNCC3)cc1Cl. The Morgan fingerprint density at radius 3 is 2.63 bits per heavy atom. The Bertz CT molecular complexity index is 700. The number of ether oxygens (including phenoxy) is 1. The molecule has 1 heterocycles. The third-order valence-electron chi connectivity index (χ3n) is 5.77. The highest BCUT2D eigenvalue weighted by Gasteiger charge is 2.57. The average Bonchev–Trinajstić information content (AvgIpc) is 3.35. The lowest BCUT2D eigenvalue weighted by atomic mass is 9.92. The van der Waals surface area contributed by atoms with Gasteiger partial charge in [-0.3, -0.25) is 9.59 Å². The third kappa shape index (κ3) is 4.55. The van der Waals surface area contributed by atoms with Gasteiger partial charge in [-0.2, -0.15) is 0 Å². The van der Waals surface area contributed by atoms with Gasteiger partial charge in [0.05, 0.1) is 5.02 Å². The number of piperidine rings is 1. The lowest BCUT2D eigenvalue weighted by Gasteiger charge is -2.23. The van der Waals surface area contributed by atoms with Gasteiger partial charge in [0.15, 0.2) is 6.61 Å². The zero-order valence-electron chi connectivity index (χ0n) is 16.0. The first-order valence-corrected chi connectivity index (χ1v) is 10.1. The number of halogens is 1. The summed E-state index contributed by atoms with van der Waals surface area (Å²) in [4.78, 5) is 26.3. The highest BCUT2D eigenvalue weighted by atomic mass is 35.5. The summed E-state index contributed by atoms with van der Waals surface area (Å²) in [6.07, 6.45) is 3.11. The van der Waals surface area contributed by atoms with Crippen LogP contribution in [0.15, 0.2) is 18.2 Å². The Morgan fingerprint density at radius 2 is 2.00 bits per heavy atom. The number of likely N-dealkylation sites (N-methyl/N-ethyl adjacent to an activating group) is 1. The number of benzene rings is 1. The Hall–Kier alpha value is -1.79. The van der Waals surface area contributed by atoms with Gasteiger partial charge >= 0.3 is 0 Å². The number of carbonyl (C=O) groups is 2. The fraction of sp³-hybridized carbons (Fsp3) is 0.600. The number of hydrogen-bond donors (Lipinski definition) is 2. The lowest BCUT2D eigenvalue weighted by molar-refractivity contribution is -0.133. The fourth-order valence-electron chi connectivity index (χ4n) is 3.93. The van der Waals surface area contributed by atoms with Crippen LogP contribution in [-0.4, -0.2) is 49.5 Å². The molecule has 148 valence electrons. The minimum absolute atomic E-state index is 0.0499. The molecule has 1 atom stereocenters. The monoisotopic (exact) mass is 393 g/mol. The predicted molar refractivity (Wildman–Crippen MR) is 106 cm³/mol. The van der Waals surface area contributed by atoms with Crippen molar-refractivity contribution in [3.05, 3.63) is 23.2 Å². The predicted octanol–water partition coefficient (Wildman–Crippen LogP) is 2.92. The van der Waals surface area contributed by atoms with E-state index in [1.165, 1.54) is 0 Å². The number of rotatable bonds is 7. The summed E-state index contributed by atoms with van der Waals surface area (Å²) >= 11 is 6.27. The van der Waals surface area contributed by atoms with E-state index in [0.29, 0.717) is 29.5 Å². The molecule has 0 bridgehead atoms. The molecule has 1 saturated carbocycles. The van der Waals surface area contributed by atoms with E-state index in [2.05, 4.69) is 10.6 Å². The van der Waals surface area contributed by atoms with Crippen LogP contribution >= 0.6 is 11.6 Å². The van der Waals surface area contributed by atoms with Crippen LogP contribution in [0.25, 0.3) is 0 Å². The van der Waals surface area contributed by atoms with Gasteiger partial charge in [-0.25, -0.2) is 0 Å². The summed E-state index contributed by atoms with van der Waals surface area (Å²) < 4.78 is 5.55. The van der Waals surface area contributed by atoms with Gasteiger partial charge in [0, 0.05) is 24.7 Å². The van der Waals surface area contributed by atoms with Crippen molar-refractivity contribution in [3.8, 4) is 5.75 Å². The van der Waals surface area contributed by atoms with Crippen molar-refractivity contribution in [3.63, 3.8) is 0 Å². The van der Waals surface area contributed by atoms with E-state index in [1.807, 2.05) is 13.8 Å². The van der Waals surface area contributed by atoms with Crippen LogP contribution in [0.5, 0.6) is 5.75 Å². The second kappa shape index (κ2) is 8.48. The summed E-state index contributed by atoms with van der Waals surface area (Å²) in [6.45, 7) is 7.10. The molecular formula is C20H28ClN3O3. The zero-order chi connectivity index (χ0) is 19.4. The smallest absolute Gasteiger partial charge is 0.260 e. The van der Waals surface area contributed by atoms with Crippen LogP contribution in [0, 0.1) is 11.3 Å². The largest absolute Gasteiger partial charge is 0.482 e. The Labute approximate surface area is 165 Å². The van der Waals surface area contributed by atoms with E-state index in [1.54, 1.807) is 23.1 Å². The minimum atomic E-state index is -0.0746. The summed E-state index contributed by atoms with van der Waals surface area (Å²) in [5.41, 5.74) is 0.857. The molecule has 1 spiro atoms. The highest BCUT2D eigenvalue weighted by Crippen LogP contribution is 2.58. The fourth-order valence-corrected chi connectivity index (χ4v) is 4.16. The topological polar surface area (TPSA) is 70.7 Å². The number of carbonyl (C=O) groups excluding carboxylic acids is 2. The maximum atomic E-state index is 12.5. The van der Waals surface area contributed by atoms with Crippen molar-refractivity contribution >= 4 is 29.1 Å². The average molecular weight is 394 g/mol. The molecule has 1 aromatic rings. The maximum Gasteiger partial charge on any atom is 0.260 e. The number of hydrogen-bond acceptors (Lipinski definition) is 4. The molecule has 2 aliphatic rings. The number of nitrogens with zero attached hydrogens (tertiary/aromatic N) is 1. The number of nitrogens with one attached hydrogen (secondary N) is 2. The molecule has 27 heavy (non-hydrogen) atoms. The van der Waals surface area contributed by atoms with Crippen LogP contribution in [0.1, 0.15) is 33.1 Å². The summed E-state index contributed by atoms with van der Waals surface area (Å²) in [7, 11) is 0. The number of anilines is 1. The van der Waals surface area contributed by atoms with Gasteiger partial charge in [0.2, 0.25) is 5.91 Å². The minimum Gasteiger partial charge on any atom is -0.482 e. The maximum absolute atomic E-state index is 12.5. The summed E-state index contributed by atoms with van der Waals surface area (Å²) in [6, 6.07) is 5.13. The van der Waals surface area contributed by atoms with Crippen molar-refractivity contribution in [2.75, 3.05) is 38.1 Å². The molecule has 1 aliphatic heterocycles. The third-order valence-corrected chi connectivity index (χ3v) is 6.07. The normalized spacial score (nSPS) is 20.2. The highest BCUT2D eigenvalue weighted by molar-refractivity contribution is 6.32. The van der Waals surface area contributed by atoms with Crippen molar-refractivity contribution < 1.29 is 14.3 Å². The zero-order valence-corrected chi connectivity index (χ0v) is 16.8. The summed E-state index contributed by atoms with van der Waals surface area (Å²) in [5, 5.41) is 6.70. The van der Waals surface area contributed by atoms with Crippen LogP contribution in [-0.2, 0) is 9.59 Å². The standard InChI is InChI=1S/C20H28ClN3O3/c1-3-24(4-2)18(25)13-27-17-6-5-14(11-16(17)21)23-19(26)15-12-20(15)7-9-22-10-8-20/h5-6,11,15,22H,3-4,7-10,12-13H2,1-2H3,(H,23,26). The van der Waals surface area contributed by atoms with E-state index >= 15 is 0 Å². The molecule has 1 saturated heterocycles. The van der Waals surface area contributed by atoms with Gasteiger partial charge in [-0.15, -0.1) is 0 Å². The van der Waals surface area contributed by atoms with Gasteiger partial charge in [-0.1, -0.05) is 11.6 Å². The number of amides is 2. The second-order valence-electron chi connectivity index (χ2n) is 7.36. The second-order valence-corrected chi connectivity index (χ2v) is 7.77. The van der Waals surface area contributed by atoms with Crippen LogP contribution in [0.3, 0.4) is 0 Å². The van der Waals surface area contributed by atoms with Gasteiger partial charge in [0.25, 0.3) is 5.91 Å². The molecule has 2 amide bonds. The van der Waals surface area contributed by atoms with E-state index < -0.39 is 0 Å². The van der Waals surface area contributed by atoms with Crippen molar-refractivity contribution in [1.82, 2.24) is 10.2 Å². The molecule has 7 heteroatoms. The Balaban J connectivity index is 1.54. The Kier molecular flexibility index (Phi) is 6.27. The molecule has 2 N–H and O–H groups in total. The van der Waals surface area contributed by atoms with E-state index in [0.717, 1.165) is 32.4 Å². The molecule has 1 aromatic carbocycles. The molecule has 0 radical (unpaired) electrons.